The highest BCUT2D eigenvalue weighted by Gasteiger charge is 2.75. The average molecular weight is 294 g/mol. The molecule has 1 rings (SSSR count). The van der Waals surface area contributed by atoms with Gasteiger partial charge in [0.25, 0.3) is 12.1 Å². The standard InChI is InChI=1S/C10H6F8O/c11-7(12)8(13,9(14,15)10(16,17)18)5-1-3-6(19)4-2-5/h1-4,7,19H. The Labute approximate surface area is 101 Å². The second-order valence-electron chi connectivity index (χ2n) is 3.63. The summed E-state index contributed by atoms with van der Waals surface area (Å²) in [7, 11) is 0. The summed E-state index contributed by atoms with van der Waals surface area (Å²) >= 11 is 0. The van der Waals surface area contributed by atoms with Crippen LogP contribution in [-0.4, -0.2) is 23.6 Å². The molecule has 0 heterocycles. The predicted molar refractivity (Wildman–Crippen MR) is 47.9 cm³/mol. The van der Waals surface area contributed by atoms with E-state index in [0.29, 0.717) is 12.1 Å². The number of hydrogen-bond acceptors (Lipinski definition) is 1. The molecule has 19 heavy (non-hydrogen) atoms. The molecule has 9 heteroatoms. The van der Waals surface area contributed by atoms with Crippen LogP contribution in [0.15, 0.2) is 24.3 Å². The highest BCUT2D eigenvalue weighted by Crippen LogP contribution is 2.53. The van der Waals surface area contributed by atoms with E-state index in [1.54, 1.807) is 0 Å². The minimum Gasteiger partial charge on any atom is -0.508 e. The Hall–Kier alpha value is -1.54. The zero-order valence-electron chi connectivity index (χ0n) is 8.86. The first kappa shape index (κ1) is 15.5. The van der Waals surface area contributed by atoms with E-state index < -0.39 is 35.5 Å². The minimum atomic E-state index is -6.49. The lowest BCUT2D eigenvalue weighted by Gasteiger charge is -2.34. The Morgan fingerprint density at radius 3 is 1.58 bits per heavy atom. The number of phenols is 1. The van der Waals surface area contributed by atoms with Gasteiger partial charge in [-0.05, 0) is 12.1 Å². The Bertz CT molecular complexity index is 438. The Balaban J connectivity index is 3.45. The lowest BCUT2D eigenvalue weighted by molar-refractivity contribution is -0.349. The van der Waals surface area contributed by atoms with Crippen LogP contribution in [0, 0.1) is 0 Å². The molecule has 1 unspecified atom stereocenters. The molecule has 0 fully saturated rings. The molecule has 0 aliphatic carbocycles. The molecule has 0 aromatic heterocycles. The number of phenolic OH excluding ortho intramolecular Hbond substituents is 1. The monoisotopic (exact) mass is 294 g/mol. The summed E-state index contributed by atoms with van der Waals surface area (Å²) in [5.41, 5.74) is -6.82. The number of halogens is 8. The highest BCUT2D eigenvalue weighted by molar-refractivity contribution is 5.33. The summed E-state index contributed by atoms with van der Waals surface area (Å²) in [5, 5.41) is 8.80. The molecular formula is C10H6F8O. The molecule has 1 nitrogen and oxygen atoms in total. The van der Waals surface area contributed by atoms with Gasteiger partial charge in [-0.25, -0.2) is 13.2 Å². The Morgan fingerprint density at radius 1 is 0.842 bits per heavy atom. The summed E-state index contributed by atoms with van der Waals surface area (Å²) < 4.78 is 101. The van der Waals surface area contributed by atoms with E-state index in [2.05, 4.69) is 0 Å². The van der Waals surface area contributed by atoms with E-state index >= 15 is 0 Å². The van der Waals surface area contributed by atoms with Crippen LogP contribution >= 0.6 is 0 Å². The summed E-state index contributed by atoms with van der Waals surface area (Å²) in [6, 6.07) is 1.53. The lowest BCUT2D eigenvalue weighted by Crippen LogP contribution is -2.56. The van der Waals surface area contributed by atoms with Crippen molar-refractivity contribution < 1.29 is 40.2 Å². The van der Waals surface area contributed by atoms with Gasteiger partial charge in [-0.3, -0.25) is 0 Å². The highest BCUT2D eigenvalue weighted by atomic mass is 19.4. The zero-order valence-corrected chi connectivity index (χ0v) is 8.86. The maximum Gasteiger partial charge on any atom is 0.457 e. The second-order valence-corrected chi connectivity index (χ2v) is 3.63. The summed E-state index contributed by atoms with van der Waals surface area (Å²) in [5.74, 6) is -6.89. The van der Waals surface area contributed by atoms with E-state index in [4.69, 9.17) is 5.11 Å². The number of rotatable bonds is 3. The van der Waals surface area contributed by atoms with Gasteiger partial charge in [0.15, 0.2) is 0 Å². The van der Waals surface area contributed by atoms with Crippen molar-refractivity contribution in [3.05, 3.63) is 29.8 Å². The minimum absolute atomic E-state index is 0.237. The maximum absolute atomic E-state index is 13.8. The van der Waals surface area contributed by atoms with Gasteiger partial charge in [-0.1, -0.05) is 12.1 Å². The van der Waals surface area contributed by atoms with Crippen molar-refractivity contribution in [2.75, 3.05) is 0 Å². The van der Waals surface area contributed by atoms with Crippen molar-refractivity contribution in [2.45, 2.75) is 24.2 Å². The fraction of sp³-hybridized carbons (Fsp3) is 0.400. The molecule has 0 aliphatic heterocycles. The molecular weight excluding hydrogens is 288 g/mol. The molecule has 0 saturated heterocycles. The number of alkyl halides is 8. The molecule has 1 N–H and O–H groups in total. The molecule has 0 saturated carbocycles. The van der Waals surface area contributed by atoms with Gasteiger partial charge in [0, 0.05) is 5.56 Å². The molecule has 1 aromatic carbocycles. The summed E-state index contributed by atoms with van der Waals surface area (Å²) in [4.78, 5) is 0. The molecule has 0 radical (unpaired) electrons. The van der Waals surface area contributed by atoms with Gasteiger partial charge in [-0.2, -0.15) is 22.0 Å². The fourth-order valence-electron chi connectivity index (χ4n) is 1.35. The van der Waals surface area contributed by atoms with Gasteiger partial charge in [0.1, 0.15) is 5.75 Å². The van der Waals surface area contributed by atoms with Crippen LogP contribution in [0.5, 0.6) is 5.75 Å². The maximum atomic E-state index is 13.8. The Kier molecular flexibility index (Phi) is 3.70. The van der Waals surface area contributed by atoms with Gasteiger partial charge < -0.3 is 5.11 Å². The molecule has 1 aromatic rings. The van der Waals surface area contributed by atoms with E-state index in [0.717, 1.165) is 0 Å². The molecule has 0 bridgehead atoms. The number of hydrogen-bond donors (Lipinski definition) is 1. The normalized spacial score (nSPS) is 16.5. The average Bonchev–Trinajstić information content (AvgIpc) is 2.26. The first-order valence-electron chi connectivity index (χ1n) is 4.65. The third kappa shape index (κ3) is 2.33. The van der Waals surface area contributed by atoms with Crippen LogP contribution in [0.4, 0.5) is 35.1 Å². The number of aromatic hydroxyl groups is 1. The van der Waals surface area contributed by atoms with Gasteiger partial charge in [-0.15, -0.1) is 0 Å². The molecule has 0 spiro atoms. The predicted octanol–water partition coefficient (Wildman–Crippen LogP) is 4.02. The third-order valence-corrected chi connectivity index (χ3v) is 2.40. The van der Waals surface area contributed by atoms with Crippen molar-refractivity contribution in [2.24, 2.45) is 0 Å². The van der Waals surface area contributed by atoms with Crippen molar-refractivity contribution in [3.63, 3.8) is 0 Å². The first-order valence-corrected chi connectivity index (χ1v) is 4.65. The van der Waals surface area contributed by atoms with Crippen LogP contribution in [0.2, 0.25) is 0 Å². The van der Waals surface area contributed by atoms with E-state index in [-0.39, 0.29) is 12.1 Å². The van der Waals surface area contributed by atoms with Crippen molar-refractivity contribution in [3.8, 4) is 5.75 Å². The molecule has 0 aliphatic rings. The molecule has 1 atom stereocenters. The van der Waals surface area contributed by atoms with E-state index in [1.165, 1.54) is 0 Å². The van der Waals surface area contributed by atoms with Crippen molar-refractivity contribution >= 4 is 0 Å². The topological polar surface area (TPSA) is 20.2 Å². The van der Waals surface area contributed by atoms with Crippen LogP contribution in [-0.2, 0) is 5.67 Å². The van der Waals surface area contributed by atoms with Crippen LogP contribution in [0.1, 0.15) is 5.56 Å². The van der Waals surface area contributed by atoms with Crippen molar-refractivity contribution in [1.82, 2.24) is 0 Å². The largest absolute Gasteiger partial charge is 0.508 e. The molecule has 108 valence electrons. The first-order chi connectivity index (χ1) is 8.44. The van der Waals surface area contributed by atoms with Crippen LogP contribution < -0.4 is 0 Å². The molecule has 0 amide bonds. The van der Waals surface area contributed by atoms with Gasteiger partial charge in [0.05, 0.1) is 0 Å². The smallest absolute Gasteiger partial charge is 0.457 e. The van der Waals surface area contributed by atoms with Gasteiger partial charge >= 0.3 is 12.1 Å². The van der Waals surface area contributed by atoms with Crippen molar-refractivity contribution in [1.29, 1.82) is 0 Å². The second kappa shape index (κ2) is 4.53. The third-order valence-electron chi connectivity index (χ3n) is 2.40. The quantitative estimate of drug-likeness (QED) is 0.835. The van der Waals surface area contributed by atoms with E-state index in [1.807, 2.05) is 0 Å². The van der Waals surface area contributed by atoms with Crippen LogP contribution in [0.3, 0.4) is 0 Å². The SMILES string of the molecule is Oc1ccc(C(F)(C(F)F)C(F)(F)C(F)(F)F)cc1. The lowest BCUT2D eigenvalue weighted by atomic mass is 9.89. The zero-order chi connectivity index (χ0) is 15.1. The van der Waals surface area contributed by atoms with Crippen LogP contribution in [0.25, 0.3) is 0 Å². The summed E-state index contributed by atoms with van der Waals surface area (Å²) in [6.07, 6.45) is -11.1. The van der Waals surface area contributed by atoms with Gasteiger partial charge in [0.2, 0.25) is 0 Å². The fourth-order valence-corrected chi connectivity index (χ4v) is 1.35. The van der Waals surface area contributed by atoms with E-state index in [9.17, 15) is 35.1 Å². The Morgan fingerprint density at radius 2 is 1.26 bits per heavy atom. The summed E-state index contributed by atoms with van der Waals surface area (Å²) in [6.45, 7) is 0. The number of benzene rings is 1.